The lowest BCUT2D eigenvalue weighted by Gasteiger charge is -2.24. The Hall–Kier alpha value is -1.23. The molecule has 0 saturated carbocycles. The largest absolute Gasteiger partial charge is 0.396 e. The first-order chi connectivity index (χ1) is 7.37. The number of aliphatic hydroxyl groups excluding tert-OH is 1. The predicted molar refractivity (Wildman–Crippen MR) is 66.3 cm³/mol. The highest BCUT2D eigenvalue weighted by Gasteiger charge is 2.18. The quantitative estimate of drug-likeness (QED) is 0.703. The van der Waals surface area contributed by atoms with Crippen LogP contribution in [-0.2, 0) is 7.05 Å². The second-order valence-corrected chi connectivity index (χ2v) is 4.96. The van der Waals surface area contributed by atoms with Gasteiger partial charge >= 0.3 is 0 Å². The monoisotopic (exact) mass is 226 g/mol. The molecule has 0 aliphatic heterocycles. The molecule has 0 unspecified atom stereocenters. The van der Waals surface area contributed by atoms with Gasteiger partial charge in [-0.25, -0.2) is 0 Å². The number of hydrogen-bond acceptors (Lipinski definition) is 4. The molecular weight excluding hydrogens is 204 g/mol. The molecule has 92 valence electrons. The average Bonchev–Trinajstić information content (AvgIpc) is 2.39. The van der Waals surface area contributed by atoms with Crippen LogP contribution in [0.1, 0.15) is 26.0 Å². The van der Waals surface area contributed by atoms with Crippen LogP contribution in [0.4, 0.5) is 11.5 Å². The van der Waals surface area contributed by atoms with Crippen molar-refractivity contribution in [3.63, 3.8) is 0 Å². The third-order valence-electron chi connectivity index (χ3n) is 2.79. The van der Waals surface area contributed by atoms with Crippen LogP contribution < -0.4 is 11.1 Å². The molecule has 0 fully saturated rings. The minimum atomic E-state index is 0.0410. The molecular formula is C11H22N4O. The zero-order valence-corrected chi connectivity index (χ0v) is 10.5. The topological polar surface area (TPSA) is 76.1 Å². The summed E-state index contributed by atoms with van der Waals surface area (Å²) in [4.78, 5) is 0. The molecule has 1 aromatic heterocycles. The Balaban J connectivity index is 2.67. The lowest BCUT2D eigenvalue weighted by atomic mass is 9.90. The SMILES string of the molecule is Cc1nn(C)c(NCC(C)(C)CCO)c1N. The second kappa shape index (κ2) is 4.74. The number of nitrogens with one attached hydrogen (secondary N) is 1. The van der Waals surface area contributed by atoms with Crippen LogP contribution in [0.15, 0.2) is 0 Å². The van der Waals surface area contributed by atoms with E-state index in [4.69, 9.17) is 10.8 Å². The Bertz CT molecular complexity index is 357. The van der Waals surface area contributed by atoms with Gasteiger partial charge in [-0.1, -0.05) is 13.8 Å². The zero-order chi connectivity index (χ0) is 12.3. The van der Waals surface area contributed by atoms with Gasteiger partial charge in [-0.2, -0.15) is 5.10 Å². The molecule has 0 atom stereocenters. The fourth-order valence-electron chi connectivity index (χ4n) is 1.60. The molecule has 0 aliphatic rings. The number of rotatable bonds is 5. The summed E-state index contributed by atoms with van der Waals surface area (Å²) in [7, 11) is 1.87. The van der Waals surface area contributed by atoms with Gasteiger partial charge in [-0.3, -0.25) is 4.68 Å². The summed E-state index contributed by atoms with van der Waals surface area (Å²) < 4.78 is 1.75. The molecule has 0 aromatic carbocycles. The van der Waals surface area contributed by atoms with Crippen LogP contribution in [0.2, 0.25) is 0 Å². The summed E-state index contributed by atoms with van der Waals surface area (Å²) in [5.74, 6) is 0.850. The molecule has 4 N–H and O–H groups in total. The summed E-state index contributed by atoms with van der Waals surface area (Å²) in [6.45, 7) is 7.07. The molecule has 1 aromatic rings. The Kier molecular flexibility index (Phi) is 3.80. The number of nitrogens with two attached hydrogens (primary N) is 1. The van der Waals surface area contributed by atoms with Gasteiger partial charge in [-0.15, -0.1) is 0 Å². The number of hydrogen-bond donors (Lipinski definition) is 3. The molecule has 0 spiro atoms. The summed E-state index contributed by atoms with van der Waals surface area (Å²) in [6.07, 6.45) is 0.761. The normalized spacial score (nSPS) is 11.8. The second-order valence-electron chi connectivity index (χ2n) is 4.96. The highest BCUT2D eigenvalue weighted by Crippen LogP contribution is 2.25. The maximum absolute atomic E-state index is 8.94. The maximum atomic E-state index is 8.94. The van der Waals surface area contributed by atoms with Gasteiger partial charge in [0.15, 0.2) is 0 Å². The zero-order valence-electron chi connectivity index (χ0n) is 10.5. The van der Waals surface area contributed by atoms with Crippen LogP contribution in [-0.4, -0.2) is 28.0 Å². The Morgan fingerprint density at radius 3 is 2.56 bits per heavy atom. The lowest BCUT2D eigenvalue weighted by molar-refractivity contribution is 0.220. The van der Waals surface area contributed by atoms with Crippen molar-refractivity contribution < 1.29 is 5.11 Å². The van der Waals surface area contributed by atoms with Crippen LogP contribution in [0.5, 0.6) is 0 Å². The van der Waals surface area contributed by atoms with E-state index in [0.29, 0.717) is 5.69 Å². The molecule has 0 aliphatic carbocycles. The smallest absolute Gasteiger partial charge is 0.147 e. The first-order valence-corrected chi connectivity index (χ1v) is 5.51. The van der Waals surface area contributed by atoms with E-state index in [9.17, 15) is 0 Å². The van der Waals surface area contributed by atoms with Gasteiger partial charge in [0.2, 0.25) is 0 Å². The van der Waals surface area contributed by atoms with Crippen molar-refractivity contribution in [3.8, 4) is 0 Å². The first-order valence-electron chi connectivity index (χ1n) is 5.51. The number of anilines is 2. The predicted octanol–water partition coefficient (Wildman–Crippen LogP) is 1.13. The van der Waals surface area contributed by atoms with Crippen molar-refractivity contribution >= 4 is 11.5 Å². The van der Waals surface area contributed by atoms with Gasteiger partial charge in [0, 0.05) is 20.2 Å². The first kappa shape index (κ1) is 12.8. The number of nitrogen functional groups attached to an aromatic ring is 1. The Morgan fingerprint density at radius 1 is 1.50 bits per heavy atom. The summed E-state index contributed by atoms with van der Waals surface area (Å²) in [5.41, 5.74) is 7.49. The Labute approximate surface area is 96.6 Å². The van der Waals surface area contributed by atoms with Crippen molar-refractivity contribution in [1.82, 2.24) is 9.78 Å². The van der Waals surface area contributed by atoms with E-state index in [1.807, 2.05) is 14.0 Å². The molecule has 5 nitrogen and oxygen atoms in total. The summed E-state index contributed by atoms with van der Waals surface area (Å²) >= 11 is 0. The van der Waals surface area contributed by atoms with E-state index >= 15 is 0 Å². The molecule has 1 rings (SSSR count). The van der Waals surface area contributed by atoms with Crippen molar-refractivity contribution in [1.29, 1.82) is 0 Å². The Morgan fingerprint density at radius 2 is 2.12 bits per heavy atom. The number of nitrogens with zero attached hydrogens (tertiary/aromatic N) is 2. The van der Waals surface area contributed by atoms with E-state index in [0.717, 1.165) is 24.5 Å². The molecule has 1 heterocycles. The molecule has 0 amide bonds. The van der Waals surface area contributed by atoms with Gasteiger partial charge in [0.25, 0.3) is 0 Å². The lowest BCUT2D eigenvalue weighted by Crippen LogP contribution is -2.25. The minimum Gasteiger partial charge on any atom is -0.396 e. The highest BCUT2D eigenvalue weighted by atomic mass is 16.3. The van der Waals surface area contributed by atoms with Crippen molar-refractivity contribution in [2.75, 3.05) is 24.2 Å². The summed E-state index contributed by atoms with van der Waals surface area (Å²) in [6, 6.07) is 0. The molecule has 0 saturated heterocycles. The third-order valence-corrected chi connectivity index (χ3v) is 2.79. The van der Waals surface area contributed by atoms with Gasteiger partial charge in [0.05, 0.1) is 11.4 Å². The molecule has 5 heteroatoms. The van der Waals surface area contributed by atoms with Crippen molar-refractivity contribution in [2.45, 2.75) is 27.2 Å². The van der Waals surface area contributed by atoms with Crippen LogP contribution >= 0.6 is 0 Å². The number of aryl methyl sites for hydroxylation is 2. The van der Waals surface area contributed by atoms with E-state index in [1.165, 1.54) is 0 Å². The van der Waals surface area contributed by atoms with Crippen molar-refractivity contribution in [3.05, 3.63) is 5.69 Å². The number of aromatic nitrogens is 2. The minimum absolute atomic E-state index is 0.0410. The third kappa shape index (κ3) is 2.88. The van der Waals surface area contributed by atoms with Gasteiger partial charge in [-0.05, 0) is 18.8 Å². The average molecular weight is 226 g/mol. The van der Waals surface area contributed by atoms with E-state index in [-0.39, 0.29) is 12.0 Å². The molecule has 0 radical (unpaired) electrons. The van der Waals surface area contributed by atoms with Crippen LogP contribution in [0.3, 0.4) is 0 Å². The van der Waals surface area contributed by atoms with Gasteiger partial charge in [0.1, 0.15) is 5.82 Å². The van der Waals surface area contributed by atoms with Crippen LogP contribution in [0, 0.1) is 12.3 Å². The number of aliphatic hydroxyl groups is 1. The fraction of sp³-hybridized carbons (Fsp3) is 0.727. The van der Waals surface area contributed by atoms with E-state index < -0.39 is 0 Å². The highest BCUT2D eigenvalue weighted by molar-refractivity contribution is 5.64. The summed E-state index contributed by atoms with van der Waals surface area (Å²) in [5, 5.41) is 16.5. The van der Waals surface area contributed by atoms with Crippen molar-refractivity contribution in [2.24, 2.45) is 12.5 Å². The maximum Gasteiger partial charge on any atom is 0.147 e. The standard InChI is InChI=1S/C11H22N4O/c1-8-9(12)10(15(4)14-8)13-7-11(2,3)5-6-16/h13,16H,5-7,12H2,1-4H3. The van der Waals surface area contributed by atoms with E-state index in [2.05, 4.69) is 24.3 Å². The molecule has 0 bridgehead atoms. The fourth-order valence-corrected chi connectivity index (χ4v) is 1.60. The van der Waals surface area contributed by atoms with Gasteiger partial charge < -0.3 is 16.2 Å². The molecule has 16 heavy (non-hydrogen) atoms. The van der Waals surface area contributed by atoms with E-state index in [1.54, 1.807) is 4.68 Å². The van der Waals surface area contributed by atoms with Crippen LogP contribution in [0.25, 0.3) is 0 Å².